The van der Waals surface area contributed by atoms with Crippen LogP contribution in [0.2, 0.25) is 0 Å². The van der Waals surface area contributed by atoms with E-state index in [-0.39, 0.29) is 0 Å². The summed E-state index contributed by atoms with van der Waals surface area (Å²) in [7, 11) is 0. The van der Waals surface area contributed by atoms with Gasteiger partial charge in [0.05, 0.1) is 5.03 Å². The summed E-state index contributed by atoms with van der Waals surface area (Å²) >= 11 is 11.2. The van der Waals surface area contributed by atoms with Gasteiger partial charge in [-0.3, -0.25) is 0 Å². The highest BCUT2D eigenvalue weighted by atomic mass is 35.5. The van der Waals surface area contributed by atoms with E-state index in [1.165, 1.54) is 0 Å². The zero-order valence-electron chi connectivity index (χ0n) is 5.36. The normalized spacial score (nSPS) is 17.3. The van der Waals surface area contributed by atoms with Crippen molar-refractivity contribution in [2.45, 2.75) is 6.92 Å². The van der Waals surface area contributed by atoms with E-state index in [1.54, 1.807) is 12.2 Å². The van der Waals surface area contributed by atoms with Gasteiger partial charge in [0.15, 0.2) is 0 Å². The molecule has 0 amide bonds. The number of aliphatic imine (C=N–C) groups is 1. The summed E-state index contributed by atoms with van der Waals surface area (Å²) < 4.78 is 0. The highest BCUT2D eigenvalue weighted by Gasteiger charge is 1.94. The summed E-state index contributed by atoms with van der Waals surface area (Å²) in [6.45, 7) is 1.83. The summed E-state index contributed by atoms with van der Waals surface area (Å²) in [6.07, 6.45) is 3.24. The lowest BCUT2D eigenvalue weighted by atomic mass is 10.4. The van der Waals surface area contributed by atoms with Crippen LogP contribution in [0.25, 0.3) is 0 Å². The molecule has 0 N–H and O–H groups in total. The van der Waals surface area contributed by atoms with Gasteiger partial charge in [0.1, 0.15) is 5.16 Å². The third-order valence-electron chi connectivity index (χ3n) is 0.948. The fourth-order valence-electron chi connectivity index (χ4n) is 0.553. The number of nitrogens with zero attached hydrogens (tertiary/aromatic N) is 1. The summed E-state index contributed by atoms with van der Waals surface area (Å²) in [5.74, 6) is 0. The molecule has 1 heterocycles. The molecule has 0 unspecified atom stereocenters. The van der Waals surface area contributed by atoms with Gasteiger partial charge < -0.3 is 0 Å². The molecule has 0 bridgehead atoms. The van der Waals surface area contributed by atoms with Crippen LogP contribution in [0.4, 0.5) is 0 Å². The molecule has 0 radical (unpaired) electrons. The van der Waals surface area contributed by atoms with Gasteiger partial charge in [0, 0.05) is 17.9 Å². The SMILES string of the molecule is CC1=NC(Cl)=CC(Cl)=C=C1. The molecule has 10 heavy (non-hydrogen) atoms. The van der Waals surface area contributed by atoms with Gasteiger partial charge in [0.2, 0.25) is 0 Å². The lowest BCUT2D eigenvalue weighted by molar-refractivity contribution is 1.49. The maximum Gasteiger partial charge on any atom is 0.131 e. The molecular weight excluding hydrogens is 169 g/mol. The first kappa shape index (κ1) is 7.62. The Morgan fingerprint density at radius 1 is 1.50 bits per heavy atom. The average Bonchev–Trinajstić information content (AvgIpc) is 1.93. The first-order valence-corrected chi connectivity index (χ1v) is 3.49. The molecule has 52 valence electrons. The van der Waals surface area contributed by atoms with Crippen LogP contribution < -0.4 is 0 Å². The molecule has 1 aliphatic rings. The fraction of sp³-hybridized carbons (Fsp3) is 0.143. The van der Waals surface area contributed by atoms with Crippen molar-refractivity contribution in [3.05, 3.63) is 28.1 Å². The monoisotopic (exact) mass is 173 g/mol. The zero-order chi connectivity index (χ0) is 7.56. The number of halogens is 2. The predicted molar refractivity (Wildman–Crippen MR) is 44.5 cm³/mol. The lowest BCUT2D eigenvalue weighted by Gasteiger charge is -1.86. The Kier molecular flexibility index (Phi) is 2.34. The number of hydrogen-bond donors (Lipinski definition) is 0. The minimum absolute atomic E-state index is 0.392. The molecule has 0 aliphatic carbocycles. The molecule has 0 saturated carbocycles. The van der Waals surface area contributed by atoms with E-state index in [1.807, 2.05) is 6.92 Å². The van der Waals surface area contributed by atoms with E-state index in [4.69, 9.17) is 23.2 Å². The topological polar surface area (TPSA) is 12.4 Å². The van der Waals surface area contributed by atoms with Crippen LogP contribution in [0.3, 0.4) is 0 Å². The lowest BCUT2D eigenvalue weighted by Crippen LogP contribution is -1.80. The third kappa shape index (κ3) is 2.03. The first-order chi connectivity index (χ1) is 4.68. The van der Waals surface area contributed by atoms with Crippen molar-refractivity contribution in [1.29, 1.82) is 0 Å². The minimum atomic E-state index is 0.392. The Hall–Kier alpha value is -0.490. The smallest absolute Gasteiger partial charge is 0.131 e. The molecule has 0 saturated heterocycles. The van der Waals surface area contributed by atoms with Crippen LogP contribution in [0, 0.1) is 0 Å². The second-order valence-electron chi connectivity index (χ2n) is 1.86. The molecule has 1 aliphatic heterocycles. The maximum atomic E-state index is 5.62. The minimum Gasteiger partial charge on any atom is -0.241 e. The van der Waals surface area contributed by atoms with Gasteiger partial charge >= 0.3 is 0 Å². The molecular formula is C7H5Cl2N. The average molecular weight is 174 g/mol. The van der Waals surface area contributed by atoms with Crippen molar-refractivity contribution >= 4 is 28.9 Å². The van der Waals surface area contributed by atoms with Crippen LogP contribution >= 0.6 is 23.2 Å². The highest BCUT2D eigenvalue weighted by molar-refractivity contribution is 6.35. The molecule has 0 aromatic carbocycles. The third-order valence-corrected chi connectivity index (χ3v) is 1.36. The molecule has 0 aromatic heterocycles. The van der Waals surface area contributed by atoms with Crippen LogP contribution in [-0.2, 0) is 0 Å². The molecule has 1 rings (SSSR count). The van der Waals surface area contributed by atoms with Crippen molar-refractivity contribution in [3.8, 4) is 0 Å². The quantitative estimate of drug-likeness (QED) is 0.395. The van der Waals surface area contributed by atoms with Crippen molar-refractivity contribution < 1.29 is 0 Å². The Labute approximate surface area is 69.4 Å². The van der Waals surface area contributed by atoms with E-state index < -0.39 is 0 Å². The summed E-state index contributed by atoms with van der Waals surface area (Å²) in [5, 5.41) is 0.870. The Bertz CT molecular complexity index is 267. The van der Waals surface area contributed by atoms with Crippen molar-refractivity contribution in [3.63, 3.8) is 0 Å². The van der Waals surface area contributed by atoms with Crippen LogP contribution in [0.1, 0.15) is 6.92 Å². The van der Waals surface area contributed by atoms with Crippen LogP contribution in [0.15, 0.2) is 33.1 Å². The number of allylic oxidation sites excluding steroid dienone is 2. The van der Waals surface area contributed by atoms with E-state index in [9.17, 15) is 0 Å². The molecule has 0 aromatic rings. The number of hydrogen-bond acceptors (Lipinski definition) is 1. The van der Waals surface area contributed by atoms with Gasteiger partial charge in [-0.1, -0.05) is 28.9 Å². The van der Waals surface area contributed by atoms with E-state index in [2.05, 4.69) is 10.7 Å². The highest BCUT2D eigenvalue weighted by Crippen LogP contribution is 2.13. The standard InChI is InChI=1S/C7H5Cl2N/c1-5-2-3-6(8)4-7(9)10-5/h2,4H,1H3. The van der Waals surface area contributed by atoms with Crippen molar-refractivity contribution in [1.82, 2.24) is 0 Å². The van der Waals surface area contributed by atoms with Gasteiger partial charge in [-0.25, -0.2) is 4.99 Å². The first-order valence-electron chi connectivity index (χ1n) is 2.73. The van der Waals surface area contributed by atoms with Crippen LogP contribution in [-0.4, -0.2) is 5.71 Å². The largest absolute Gasteiger partial charge is 0.241 e. The second kappa shape index (κ2) is 3.07. The van der Waals surface area contributed by atoms with E-state index >= 15 is 0 Å². The summed E-state index contributed by atoms with van der Waals surface area (Å²) in [4.78, 5) is 3.95. The van der Waals surface area contributed by atoms with E-state index in [0.29, 0.717) is 10.2 Å². The van der Waals surface area contributed by atoms with E-state index in [0.717, 1.165) is 5.71 Å². The molecule has 1 nitrogen and oxygen atoms in total. The van der Waals surface area contributed by atoms with Crippen LogP contribution in [0.5, 0.6) is 0 Å². The summed E-state index contributed by atoms with van der Waals surface area (Å²) in [6, 6.07) is 0. The predicted octanol–water partition coefficient (Wildman–Crippen LogP) is 2.82. The van der Waals surface area contributed by atoms with Gasteiger partial charge in [-0.05, 0) is 6.92 Å². The number of rotatable bonds is 0. The molecule has 0 atom stereocenters. The molecule has 3 heteroatoms. The maximum absolute atomic E-state index is 5.62. The van der Waals surface area contributed by atoms with Crippen molar-refractivity contribution in [2.24, 2.45) is 4.99 Å². The Morgan fingerprint density at radius 3 is 2.90 bits per heavy atom. The van der Waals surface area contributed by atoms with Gasteiger partial charge in [-0.2, -0.15) is 0 Å². The second-order valence-corrected chi connectivity index (χ2v) is 2.65. The zero-order valence-corrected chi connectivity index (χ0v) is 6.87. The molecule has 0 spiro atoms. The Balaban J connectivity index is 3.10. The Morgan fingerprint density at radius 2 is 2.20 bits per heavy atom. The molecule has 0 fully saturated rings. The van der Waals surface area contributed by atoms with Gasteiger partial charge in [-0.15, -0.1) is 0 Å². The van der Waals surface area contributed by atoms with Crippen molar-refractivity contribution in [2.75, 3.05) is 0 Å². The van der Waals surface area contributed by atoms with Gasteiger partial charge in [0.25, 0.3) is 0 Å². The summed E-state index contributed by atoms with van der Waals surface area (Å²) in [5.41, 5.74) is 3.59. The fourth-order valence-corrected chi connectivity index (χ4v) is 1.01.